The van der Waals surface area contributed by atoms with Gasteiger partial charge in [0, 0.05) is 5.92 Å². The van der Waals surface area contributed by atoms with E-state index in [2.05, 4.69) is 38.4 Å². The molecule has 0 radical (unpaired) electrons. The average Bonchev–Trinajstić information content (AvgIpc) is 2.59. The molecule has 3 nitrogen and oxygen atoms in total. The first-order valence-corrected chi connectivity index (χ1v) is 7.15. The fourth-order valence-corrected chi connectivity index (χ4v) is 3.16. The van der Waals surface area contributed by atoms with Crippen LogP contribution in [0.25, 0.3) is 5.52 Å². The molecule has 0 unspecified atom stereocenters. The average molecular weight is 294 g/mol. The number of nitrogens with zero attached hydrogens (tertiary/aromatic N) is 3. The van der Waals surface area contributed by atoms with Gasteiger partial charge in [0.25, 0.3) is 0 Å². The minimum Gasteiger partial charge on any atom is -0.206 e. The van der Waals surface area contributed by atoms with Crippen LogP contribution in [0.5, 0.6) is 0 Å². The second-order valence-electron chi connectivity index (χ2n) is 4.81. The van der Waals surface area contributed by atoms with E-state index in [0.29, 0.717) is 5.92 Å². The van der Waals surface area contributed by atoms with Crippen LogP contribution in [0.1, 0.15) is 50.1 Å². The smallest absolute Gasteiger partial charge is 0.110 e. The van der Waals surface area contributed by atoms with Gasteiger partial charge >= 0.3 is 0 Å². The first-order chi connectivity index (χ1) is 8.36. The Hall–Kier alpha value is -0.900. The van der Waals surface area contributed by atoms with Gasteiger partial charge < -0.3 is 0 Å². The molecule has 0 bridgehead atoms. The minimum atomic E-state index is 0.601. The molecule has 0 amide bonds. The molecule has 0 aromatic carbocycles. The maximum absolute atomic E-state index is 4.40. The highest BCUT2D eigenvalue weighted by molar-refractivity contribution is 9.10. The molecule has 0 saturated heterocycles. The van der Waals surface area contributed by atoms with Crippen LogP contribution < -0.4 is 0 Å². The lowest BCUT2D eigenvalue weighted by atomic mass is 9.96. The lowest BCUT2D eigenvalue weighted by Gasteiger charge is -2.10. The summed E-state index contributed by atoms with van der Waals surface area (Å²) in [6.07, 6.45) is 7.94. The zero-order valence-corrected chi connectivity index (χ0v) is 11.4. The molecule has 0 aliphatic heterocycles. The van der Waals surface area contributed by atoms with Gasteiger partial charge in [-0.1, -0.05) is 37.0 Å². The number of aromatic nitrogens is 3. The van der Waals surface area contributed by atoms with Gasteiger partial charge in [0.15, 0.2) is 0 Å². The minimum absolute atomic E-state index is 0.601. The largest absolute Gasteiger partial charge is 0.206 e. The predicted octanol–water partition coefficient (Wildman–Crippen LogP) is 3.93. The first-order valence-electron chi connectivity index (χ1n) is 6.36. The molecular weight excluding hydrogens is 278 g/mol. The van der Waals surface area contributed by atoms with E-state index in [1.165, 1.54) is 44.2 Å². The molecule has 17 heavy (non-hydrogen) atoms. The summed E-state index contributed by atoms with van der Waals surface area (Å²) in [6.45, 7) is 0. The van der Waals surface area contributed by atoms with Gasteiger partial charge in [-0.25, -0.2) is 4.52 Å². The van der Waals surface area contributed by atoms with Crippen molar-refractivity contribution in [3.8, 4) is 0 Å². The third kappa shape index (κ3) is 2.10. The molecule has 3 rings (SSSR count). The summed E-state index contributed by atoms with van der Waals surface area (Å²) >= 11 is 3.51. The summed E-state index contributed by atoms with van der Waals surface area (Å²) in [4.78, 5) is 0. The lowest BCUT2D eigenvalue weighted by Crippen LogP contribution is -1.98. The van der Waals surface area contributed by atoms with E-state index < -0.39 is 0 Å². The van der Waals surface area contributed by atoms with Crippen molar-refractivity contribution in [3.63, 3.8) is 0 Å². The lowest BCUT2D eigenvalue weighted by molar-refractivity contribution is 0.579. The first kappa shape index (κ1) is 11.2. The highest BCUT2D eigenvalue weighted by Gasteiger charge is 2.20. The van der Waals surface area contributed by atoms with Crippen molar-refractivity contribution < 1.29 is 0 Å². The van der Waals surface area contributed by atoms with Crippen molar-refractivity contribution in [2.24, 2.45) is 0 Å². The van der Waals surface area contributed by atoms with Crippen molar-refractivity contribution in [2.45, 2.75) is 44.4 Å². The Morgan fingerprint density at radius 2 is 1.88 bits per heavy atom. The molecule has 4 heteroatoms. The zero-order chi connectivity index (χ0) is 11.7. The molecule has 90 valence electrons. The summed E-state index contributed by atoms with van der Waals surface area (Å²) in [5.74, 6) is 0.601. The molecule has 0 atom stereocenters. The van der Waals surface area contributed by atoms with Crippen LogP contribution >= 0.6 is 15.9 Å². The van der Waals surface area contributed by atoms with Crippen molar-refractivity contribution in [1.29, 1.82) is 0 Å². The van der Waals surface area contributed by atoms with Crippen LogP contribution in [0.2, 0.25) is 0 Å². The van der Waals surface area contributed by atoms with Crippen molar-refractivity contribution in [2.75, 3.05) is 0 Å². The maximum Gasteiger partial charge on any atom is 0.110 e. The maximum atomic E-state index is 4.40. The van der Waals surface area contributed by atoms with Crippen LogP contribution in [0.4, 0.5) is 0 Å². The Bertz CT molecular complexity index is 512. The number of fused-ring (bicyclic) bond motifs is 1. The van der Waals surface area contributed by atoms with Gasteiger partial charge in [0.2, 0.25) is 0 Å². The van der Waals surface area contributed by atoms with E-state index >= 15 is 0 Å². The number of halogens is 1. The molecule has 1 saturated carbocycles. The van der Waals surface area contributed by atoms with E-state index in [1.54, 1.807) is 0 Å². The highest BCUT2D eigenvalue weighted by atomic mass is 79.9. The van der Waals surface area contributed by atoms with Gasteiger partial charge in [-0.05, 0) is 40.9 Å². The van der Waals surface area contributed by atoms with Crippen LogP contribution in [0.15, 0.2) is 22.8 Å². The van der Waals surface area contributed by atoms with Crippen LogP contribution in [0, 0.1) is 0 Å². The Morgan fingerprint density at radius 3 is 2.65 bits per heavy atom. The van der Waals surface area contributed by atoms with Gasteiger partial charge in [0.05, 0.1) is 11.2 Å². The summed E-state index contributed by atoms with van der Waals surface area (Å²) < 4.78 is 2.86. The molecule has 2 aromatic rings. The second kappa shape index (κ2) is 4.77. The molecular formula is C13H16BrN3. The Balaban J connectivity index is 2.02. The third-order valence-corrected chi connectivity index (χ3v) is 4.26. The molecule has 2 aromatic heterocycles. The number of hydrogen-bond acceptors (Lipinski definition) is 2. The van der Waals surface area contributed by atoms with Crippen molar-refractivity contribution in [3.05, 3.63) is 28.5 Å². The normalized spacial score (nSPS) is 18.4. The van der Waals surface area contributed by atoms with E-state index in [-0.39, 0.29) is 0 Å². The van der Waals surface area contributed by atoms with Gasteiger partial charge in [-0.2, -0.15) is 0 Å². The summed E-state index contributed by atoms with van der Waals surface area (Å²) in [5.41, 5.74) is 2.35. The second-order valence-corrected chi connectivity index (χ2v) is 5.62. The SMILES string of the molecule is Brc1cccc2c(C3CCCCCC3)nnn12. The standard InChI is InChI=1S/C13H16BrN3/c14-12-9-5-8-11-13(15-16-17(11)12)10-6-3-1-2-4-7-10/h5,8-10H,1-4,6-7H2. The summed E-state index contributed by atoms with van der Waals surface area (Å²) in [7, 11) is 0. The van der Waals surface area contributed by atoms with Crippen LogP contribution in [-0.2, 0) is 0 Å². The molecule has 0 spiro atoms. The molecule has 1 aliphatic carbocycles. The van der Waals surface area contributed by atoms with E-state index in [0.717, 1.165) is 10.1 Å². The quantitative estimate of drug-likeness (QED) is 0.589. The molecule has 1 aliphatic rings. The molecule has 2 heterocycles. The third-order valence-electron chi connectivity index (χ3n) is 3.66. The highest BCUT2D eigenvalue weighted by Crippen LogP contribution is 2.32. The zero-order valence-electron chi connectivity index (χ0n) is 9.77. The van der Waals surface area contributed by atoms with Gasteiger partial charge in [-0.15, -0.1) is 5.10 Å². The van der Waals surface area contributed by atoms with Gasteiger partial charge in [0.1, 0.15) is 4.60 Å². The number of rotatable bonds is 1. The predicted molar refractivity (Wildman–Crippen MR) is 71.1 cm³/mol. The summed E-state index contributed by atoms with van der Waals surface area (Å²) in [6, 6.07) is 6.17. The van der Waals surface area contributed by atoms with E-state index in [1.807, 2.05) is 10.6 Å². The van der Waals surface area contributed by atoms with Gasteiger partial charge in [-0.3, -0.25) is 0 Å². The molecule has 1 fully saturated rings. The molecule has 0 N–H and O–H groups in total. The fourth-order valence-electron chi connectivity index (χ4n) is 2.75. The van der Waals surface area contributed by atoms with E-state index in [4.69, 9.17) is 0 Å². The number of pyridine rings is 1. The Labute approximate surface area is 109 Å². The van der Waals surface area contributed by atoms with Crippen LogP contribution in [-0.4, -0.2) is 14.8 Å². The fraction of sp³-hybridized carbons (Fsp3) is 0.538. The van der Waals surface area contributed by atoms with Crippen molar-refractivity contribution in [1.82, 2.24) is 14.8 Å². The van der Waals surface area contributed by atoms with Crippen LogP contribution in [0.3, 0.4) is 0 Å². The number of hydrogen-bond donors (Lipinski definition) is 0. The monoisotopic (exact) mass is 293 g/mol. The van der Waals surface area contributed by atoms with E-state index in [9.17, 15) is 0 Å². The Morgan fingerprint density at radius 1 is 1.12 bits per heavy atom. The topological polar surface area (TPSA) is 30.2 Å². The Kier molecular flexibility index (Phi) is 3.14. The summed E-state index contributed by atoms with van der Waals surface area (Å²) in [5, 5.41) is 8.65. The van der Waals surface area contributed by atoms with Crippen molar-refractivity contribution >= 4 is 21.4 Å².